The van der Waals surface area contributed by atoms with Crippen molar-refractivity contribution in [2.75, 3.05) is 5.73 Å². The third-order valence-electron chi connectivity index (χ3n) is 3.68. The van der Waals surface area contributed by atoms with Crippen molar-refractivity contribution < 1.29 is 9.59 Å². The van der Waals surface area contributed by atoms with E-state index in [1.165, 1.54) is 0 Å². The molecule has 1 aliphatic heterocycles. The number of carbonyl (C=O) groups is 2. The molecule has 1 aliphatic rings. The van der Waals surface area contributed by atoms with Crippen LogP contribution in [-0.2, 0) is 9.59 Å². The van der Waals surface area contributed by atoms with Gasteiger partial charge in [0.1, 0.15) is 0 Å². The van der Waals surface area contributed by atoms with Crippen LogP contribution < -0.4 is 11.1 Å². The van der Waals surface area contributed by atoms with Gasteiger partial charge in [0, 0.05) is 23.2 Å². The molecule has 0 aliphatic carbocycles. The molecule has 0 spiro atoms. The molecule has 1 unspecified atom stereocenters. The Morgan fingerprint density at radius 1 is 1.30 bits per heavy atom. The predicted octanol–water partition coefficient (Wildman–Crippen LogP) is 1.65. The largest absolute Gasteiger partial charge is 0.399 e. The summed E-state index contributed by atoms with van der Waals surface area (Å²) >= 11 is 0. The van der Waals surface area contributed by atoms with Crippen LogP contribution >= 0.6 is 0 Å². The van der Waals surface area contributed by atoms with Gasteiger partial charge in [-0.2, -0.15) is 0 Å². The second-order valence-electron chi connectivity index (χ2n) is 5.12. The molecule has 0 saturated carbocycles. The van der Waals surface area contributed by atoms with Gasteiger partial charge in [0.25, 0.3) is 0 Å². The number of nitrogens with two attached hydrogens (primary N) is 1. The molecular weight excluding hydrogens is 254 g/mol. The summed E-state index contributed by atoms with van der Waals surface area (Å²) in [6, 6.07) is 7.47. The Kier molecular flexibility index (Phi) is 2.89. The van der Waals surface area contributed by atoms with E-state index in [1.807, 2.05) is 25.1 Å². The Morgan fingerprint density at radius 2 is 2.10 bits per heavy atom. The Labute approximate surface area is 116 Å². The number of benzene rings is 1. The number of hydrogen-bond acceptors (Lipinski definition) is 4. The first-order chi connectivity index (χ1) is 9.54. The van der Waals surface area contributed by atoms with Crippen molar-refractivity contribution in [3.63, 3.8) is 0 Å². The molecule has 0 radical (unpaired) electrons. The predicted molar refractivity (Wildman–Crippen MR) is 76.0 cm³/mol. The summed E-state index contributed by atoms with van der Waals surface area (Å²) in [5.74, 6) is -0.762. The van der Waals surface area contributed by atoms with Crippen LogP contribution in [0.3, 0.4) is 0 Å². The van der Waals surface area contributed by atoms with E-state index in [1.54, 1.807) is 6.07 Å². The van der Waals surface area contributed by atoms with Crippen LogP contribution in [0.4, 0.5) is 5.69 Å². The minimum atomic E-state index is -0.314. The van der Waals surface area contributed by atoms with E-state index >= 15 is 0 Å². The number of aryl methyl sites for hydroxylation is 1. The number of nitrogen functional groups attached to an aromatic ring is 1. The summed E-state index contributed by atoms with van der Waals surface area (Å²) < 4.78 is 0. The Morgan fingerprint density at radius 3 is 2.85 bits per heavy atom. The first-order valence-corrected chi connectivity index (χ1v) is 6.55. The number of fused-ring (bicyclic) bond motifs is 1. The van der Waals surface area contributed by atoms with Crippen LogP contribution in [0.1, 0.15) is 30.0 Å². The standard InChI is InChI=1S/C15H15N3O2/c1-8-12(11-3-5-14(19)18-15(11)20)7-9-6-10(16)2-4-13(9)17-8/h2,4,6-7,11H,3,5,16H2,1H3,(H,18,19,20). The molecule has 20 heavy (non-hydrogen) atoms. The van der Waals surface area contributed by atoms with E-state index in [4.69, 9.17) is 5.73 Å². The molecular formula is C15H15N3O2. The molecule has 2 amide bonds. The number of nitrogens with one attached hydrogen (secondary N) is 1. The summed E-state index contributed by atoms with van der Waals surface area (Å²) in [4.78, 5) is 27.7. The lowest BCUT2D eigenvalue weighted by molar-refractivity contribution is -0.134. The van der Waals surface area contributed by atoms with Gasteiger partial charge in [-0.05, 0) is 43.2 Å². The van der Waals surface area contributed by atoms with Gasteiger partial charge in [-0.1, -0.05) is 0 Å². The van der Waals surface area contributed by atoms with Gasteiger partial charge in [0.05, 0.1) is 11.4 Å². The number of nitrogens with zero attached hydrogens (tertiary/aromatic N) is 1. The second kappa shape index (κ2) is 4.59. The molecule has 2 heterocycles. The normalized spacial score (nSPS) is 19.1. The van der Waals surface area contributed by atoms with E-state index in [0.717, 1.165) is 22.2 Å². The maximum atomic E-state index is 12.0. The third-order valence-corrected chi connectivity index (χ3v) is 3.68. The third kappa shape index (κ3) is 2.11. The van der Waals surface area contributed by atoms with Crippen molar-refractivity contribution in [2.45, 2.75) is 25.7 Å². The highest BCUT2D eigenvalue weighted by atomic mass is 16.2. The summed E-state index contributed by atoms with van der Waals surface area (Å²) in [5, 5.41) is 3.30. The fraction of sp³-hybridized carbons (Fsp3) is 0.267. The highest BCUT2D eigenvalue weighted by molar-refractivity contribution is 6.01. The summed E-state index contributed by atoms with van der Waals surface area (Å²) in [7, 11) is 0. The summed E-state index contributed by atoms with van der Waals surface area (Å²) in [6.45, 7) is 1.88. The molecule has 3 N–H and O–H groups in total. The highest BCUT2D eigenvalue weighted by Crippen LogP contribution is 2.29. The molecule has 0 bridgehead atoms. The van der Waals surface area contributed by atoms with Crippen molar-refractivity contribution in [1.82, 2.24) is 10.3 Å². The lowest BCUT2D eigenvalue weighted by atomic mass is 9.89. The van der Waals surface area contributed by atoms with Gasteiger partial charge in [0.2, 0.25) is 11.8 Å². The quantitative estimate of drug-likeness (QED) is 0.609. The number of carbonyl (C=O) groups excluding carboxylic acids is 2. The maximum absolute atomic E-state index is 12.0. The van der Waals surface area contributed by atoms with Crippen LogP contribution in [0.15, 0.2) is 24.3 Å². The molecule has 1 atom stereocenters. The number of aromatic nitrogens is 1. The Balaban J connectivity index is 2.08. The summed E-state index contributed by atoms with van der Waals surface area (Å²) in [6.07, 6.45) is 0.895. The smallest absolute Gasteiger partial charge is 0.234 e. The van der Waals surface area contributed by atoms with Crippen LogP contribution in [0.2, 0.25) is 0 Å². The van der Waals surface area contributed by atoms with E-state index in [0.29, 0.717) is 18.5 Å². The lowest BCUT2D eigenvalue weighted by Crippen LogP contribution is -2.39. The zero-order chi connectivity index (χ0) is 14.3. The average molecular weight is 269 g/mol. The number of rotatable bonds is 1. The van der Waals surface area contributed by atoms with Crippen molar-refractivity contribution in [1.29, 1.82) is 0 Å². The fourth-order valence-electron chi connectivity index (χ4n) is 2.65. The number of piperidine rings is 1. The molecule has 1 fully saturated rings. The van der Waals surface area contributed by atoms with E-state index < -0.39 is 0 Å². The van der Waals surface area contributed by atoms with E-state index in [-0.39, 0.29) is 17.7 Å². The topological polar surface area (TPSA) is 85.1 Å². The summed E-state index contributed by atoms with van der Waals surface area (Å²) in [5.41, 5.74) is 8.99. The van der Waals surface area contributed by atoms with Crippen molar-refractivity contribution in [3.8, 4) is 0 Å². The van der Waals surface area contributed by atoms with E-state index in [2.05, 4.69) is 10.3 Å². The highest BCUT2D eigenvalue weighted by Gasteiger charge is 2.29. The first-order valence-electron chi connectivity index (χ1n) is 6.55. The zero-order valence-electron chi connectivity index (χ0n) is 11.1. The van der Waals surface area contributed by atoms with Crippen molar-refractivity contribution in [3.05, 3.63) is 35.5 Å². The fourth-order valence-corrected chi connectivity index (χ4v) is 2.65. The van der Waals surface area contributed by atoms with Crippen LogP contribution in [-0.4, -0.2) is 16.8 Å². The molecule has 102 valence electrons. The van der Waals surface area contributed by atoms with Gasteiger partial charge < -0.3 is 5.73 Å². The number of hydrogen-bond donors (Lipinski definition) is 2. The second-order valence-corrected chi connectivity index (χ2v) is 5.12. The van der Waals surface area contributed by atoms with Crippen molar-refractivity contribution >= 4 is 28.4 Å². The number of anilines is 1. The van der Waals surface area contributed by atoms with Gasteiger partial charge in [-0.3, -0.25) is 19.9 Å². The molecule has 1 saturated heterocycles. The Bertz CT molecular complexity index is 724. The average Bonchev–Trinajstić information content (AvgIpc) is 2.39. The number of amides is 2. The molecule has 3 rings (SSSR count). The van der Waals surface area contributed by atoms with Crippen LogP contribution in [0.25, 0.3) is 10.9 Å². The van der Waals surface area contributed by atoms with Gasteiger partial charge in [-0.25, -0.2) is 0 Å². The maximum Gasteiger partial charge on any atom is 0.234 e. The zero-order valence-corrected chi connectivity index (χ0v) is 11.1. The van der Waals surface area contributed by atoms with Crippen LogP contribution in [0, 0.1) is 6.92 Å². The number of imide groups is 1. The molecule has 5 nitrogen and oxygen atoms in total. The minimum Gasteiger partial charge on any atom is -0.399 e. The van der Waals surface area contributed by atoms with Crippen LogP contribution in [0.5, 0.6) is 0 Å². The van der Waals surface area contributed by atoms with Gasteiger partial charge >= 0.3 is 0 Å². The number of pyridine rings is 1. The molecule has 5 heteroatoms. The SMILES string of the molecule is Cc1nc2ccc(N)cc2cc1C1CCC(=O)NC1=O. The minimum absolute atomic E-state index is 0.207. The van der Waals surface area contributed by atoms with Crippen molar-refractivity contribution in [2.24, 2.45) is 0 Å². The van der Waals surface area contributed by atoms with Gasteiger partial charge in [-0.15, -0.1) is 0 Å². The molecule has 2 aromatic rings. The van der Waals surface area contributed by atoms with Gasteiger partial charge in [0.15, 0.2) is 0 Å². The molecule has 1 aromatic carbocycles. The molecule has 1 aromatic heterocycles. The first kappa shape index (κ1) is 12.6. The van der Waals surface area contributed by atoms with E-state index in [9.17, 15) is 9.59 Å². The monoisotopic (exact) mass is 269 g/mol. The Hall–Kier alpha value is -2.43. The lowest BCUT2D eigenvalue weighted by Gasteiger charge is -2.22.